The van der Waals surface area contributed by atoms with Gasteiger partial charge in [0.25, 0.3) is 0 Å². The van der Waals surface area contributed by atoms with Crippen molar-refractivity contribution in [1.29, 1.82) is 0 Å². The summed E-state index contributed by atoms with van der Waals surface area (Å²) in [5.74, 6) is 0.0805. The summed E-state index contributed by atoms with van der Waals surface area (Å²) in [6.45, 7) is 6.22. The molecule has 0 heterocycles. The molecule has 0 fully saturated rings. The number of rotatable bonds is 7. The predicted molar refractivity (Wildman–Crippen MR) is 90.5 cm³/mol. The summed E-state index contributed by atoms with van der Waals surface area (Å²) in [4.78, 5) is 11.8. The van der Waals surface area contributed by atoms with Crippen molar-refractivity contribution in [3.05, 3.63) is 70.8 Å². The van der Waals surface area contributed by atoms with E-state index in [1.165, 1.54) is 16.7 Å². The summed E-state index contributed by atoms with van der Waals surface area (Å²) >= 11 is 0. The SMILES string of the molecule is Cc1ccc(CNCCC(=O)NCc2ccc(C)cc2)cc1. The summed E-state index contributed by atoms with van der Waals surface area (Å²) < 4.78 is 0. The summed E-state index contributed by atoms with van der Waals surface area (Å²) in [5, 5.41) is 6.24. The molecular formula is C19H24N2O. The maximum Gasteiger partial charge on any atom is 0.221 e. The van der Waals surface area contributed by atoms with Crippen LogP contribution in [0.15, 0.2) is 48.5 Å². The van der Waals surface area contributed by atoms with Crippen molar-refractivity contribution >= 4 is 5.91 Å². The molecule has 2 aromatic carbocycles. The molecule has 0 spiro atoms. The summed E-state index contributed by atoms with van der Waals surface area (Å²) in [5.41, 5.74) is 4.87. The lowest BCUT2D eigenvalue weighted by atomic mass is 10.1. The molecule has 0 aliphatic carbocycles. The van der Waals surface area contributed by atoms with E-state index in [1.54, 1.807) is 0 Å². The van der Waals surface area contributed by atoms with Gasteiger partial charge in [-0.3, -0.25) is 4.79 Å². The van der Waals surface area contributed by atoms with Gasteiger partial charge >= 0.3 is 0 Å². The van der Waals surface area contributed by atoms with Crippen LogP contribution in [-0.2, 0) is 17.9 Å². The normalized spacial score (nSPS) is 10.5. The highest BCUT2D eigenvalue weighted by Gasteiger charge is 2.01. The fourth-order valence-electron chi connectivity index (χ4n) is 2.14. The van der Waals surface area contributed by atoms with Crippen LogP contribution in [0, 0.1) is 13.8 Å². The lowest BCUT2D eigenvalue weighted by Crippen LogP contribution is -2.27. The van der Waals surface area contributed by atoms with Crippen LogP contribution in [0.3, 0.4) is 0 Å². The molecule has 22 heavy (non-hydrogen) atoms. The Balaban J connectivity index is 1.61. The molecule has 1 amide bonds. The largest absolute Gasteiger partial charge is 0.352 e. The molecule has 0 bridgehead atoms. The maximum absolute atomic E-state index is 11.8. The first kappa shape index (κ1) is 16.2. The van der Waals surface area contributed by atoms with Crippen molar-refractivity contribution in [3.8, 4) is 0 Å². The van der Waals surface area contributed by atoms with E-state index in [-0.39, 0.29) is 5.91 Å². The highest BCUT2D eigenvalue weighted by atomic mass is 16.1. The third-order valence-corrected chi connectivity index (χ3v) is 3.59. The average Bonchev–Trinajstić information content (AvgIpc) is 2.53. The smallest absolute Gasteiger partial charge is 0.221 e. The Hall–Kier alpha value is -2.13. The van der Waals surface area contributed by atoms with Crippen molar-refractivity contribution in [1.82, 2.24) is 10.6 Å². The highest BCUT2D eigenvalue weighted by molar-refractivity contribution is 5.76. The second-order valence-corrected chi connectivity index (χ2v) is 5.67. The van der Waals surface area contributed by atoms with E-state index in [2.05, 4.69) is 60.9 Å². The summed E-state index contributed by atoms with van der Waals surface area (Å²) in [7, 11) is 0. The molecule has 2 aromatic rings. The minimum atomic E-state index is 0.0805. The number of nitrogens with one attached hydrogen (secondary N) is 2. The minimum absolute atomic E-state index is 0.0805. The van der Waals surface area contributed by atoms with Crippen LogP contribution in [-0.4, -0.2) is 12.5 Å². The number of benzene rings is 2. The fourth-order valence-corrected chi connectivity index (χ4v) is 2.14. The van der Waals surface area contributed by atoms with E-state index in [0.717, 1.165) is 12.1 Å². The van der Waals surface area contributed by atoms with Gasteiger partial charge in [0.15, 0.2) is 0 Å². The molecule has 0 atom stereocenters. The summed E-state index contributed by atoms with van der Waals surface area (Å²) in [6, 6.07) is 16.6. The molecular weight excluding hydrogens is 272 g/mol. The van der Waals surface area contributed by atoms with Gasteiger partial charge in [0.2, 0.25) is 5.91 Å². The van der Waals surface area contributed by atoms with Gasteiger partial charge in [-0.1, -0.05) is 59.7 Å². The highest BCUT2D eigenvalue weighted by Crippen LogP contribution is 2.03. The van der Waals surface area contributed by atoms with E-state index < -0.39 is 0 Å². The van der Waals surface area contributed by atoms with E-state index in [9.17, 15) is 4.79 Å². The molecule has 0 aliphatic heterocycles. The van der Waals surface area contributed by atoms with E-state index in [0.29, 0.717) is 19.5 Å². The molecule has 0 saturated carbocycles. The Morgan fingerprint density at radius 2 is 1.32 bits per heavy atom. The summed E-state index contributed by atoms with van der Waals surface area (Å²) in [6.07, 6.45) is 0.498. The molecule has 3 heteroatoms. The lowest BCUT2D eigenvalue weighted by molar-refractivity contribution is -0.121. The van der Waals surface area contributed by atoms with Crippen LogP contribution in [0.25, 0.3) is 0 Å². The number of carbonyl (C=O) groups excluding carboxylic acids is 1. The van der Waals surface area contributed by atoms with E-state index in [1.807, 2.05) is 12.1 Å². The maximum atomic E-state index is 11.8. The predicted octanol–water partition coefficient (Wildman–Crippen LogP) is 3.10. The topological polar surface area (TPSA) is 41.1 Å². The van der Waals surface area contributed by atoms with Gasteiger partial charge in [-0.15, -0.1) is 0 Å². The average molecular weight is 296 g/mol. The van der Waals surface area contributed by atoms with Gasteiger partial charge in [-0.25, -0.2) is 0 Å². The quantitative estimate of drug-likeness (QED) is 0.771. The second kappa shape index (κ2) is 8.35. The van der Waals surface area contributed by atoms with E-state index >= 15 is 0 Å². The Bertz CT molecular complexity index is 588. The molecule has 0 aromatic heterocycles. The first-order valence-electron chi connectivity index (χ1n) is 7.72. The molecule has 116 valence electrons. The zero-order valence-corrected chi connectivity index (χ0v) is 13.4. The van der Waals surface area contributed by atoms with Gasteiger partial charge in [0.1, 0.15) is 0 Å². The zero-order valence-electron chi connectivity index (χ0n) is 13.4. The lowest BCUT2D eigenvalue weighted by Gasteiger charge is -2.07. The van der Waals surface area contributed by atoms with Crippen molar-refractivity contribution in [2.75, 3.05) is 6.54 Å². The fraction of sp³-hybridized carbons (Fsp3) is 0.316. The van der Waals surface area contributed by atoms with Crippen LogP contribution in [0.2, 0.25) is 0 Å². The van der Waals surface area contributed by atoms with Crippen LogP contribution < -0.4 is 10.6 Å². The van der Waals surface area contributed by atoms with Crippen molar-refractivity contribution in [3.63, 3.8) is 0 Å². The zero-order chi connectivity index (χ0) is 15.8. The minimum Gasteiger partial charge on any atom is -0.352 e. The molecule has 2 rings (SSSR count). The Kier molecular flexibility index (Phi) is 6.16. The Morgan fingerprint density at radius 3 is 1.86 bits per heavy atom. The number of hydrogen-bond acceptors (Lipinski definition) is 2. The third kappa shape index (κ3) is 5.70. The molecule has 0 aliphatic rings. The molecule has 0 unspecified atom stereocenters. The van der Waals surface area contributed by atoms with Crippen LogP contribution in [0.5, 0.6) is 0 Å². The van der Waals surface area contributed by atoms with Crippen molar-refractivity contribution in [2.24, 2.45) is 0 Å². The number of carbonyl (C=O) groups is 1. The first-order chi connectivity index (χ1) is 10.6. The second-order valence-electron chi connectivity index (χ2n) is 5.67. The molecule has 0 saturated heterocycles. The third-order valence-electron chi connectivity index (χ3n) is 3.59. The monoisotopic (exact) mass is 296 g/mol. The van der Waals surface area contributed by atoms with Gasteiger partial charge in [0, 0.05) is 26.1 Å². The van der Waals surface area contributed by atoms with Gasteiger partial charge in [0.05, 0.1) is 0 Å². The number of amides is 1. The van der Waals surface area contributed by atoms with Crippen molar-refractivity contribution in [2.45, 2.75) is 33.4 Å². The Labute approximate surface area is 132 Å². The number of aryl methyl sites for hydroxylation is 2. The van der Waals surface area contributed by atoms with Crippen LogP contribution in [0.4, 0.5) is 0 Å². The first-order valence-corrected chi connectivity index (χ1v) is 7.72. The molecule has 3 nitrogen and oxygen atoms in total. The number of hydrogen-bond donors (Lipinski definition) is 2. The van der Waals surface area contributed by atoms with Crippen LogP contribution >= 0.6 is 0 Å². The van der Waals surface area contributed by atoms with Gasteiger partial charge in [-0.2, -0.15) is 0 Å². The molecule has 0 radical (unpaired) electrons. The van der Waals surface area contributed by atoms with Crippen molar-refractivity contribution < 1.29 is 4.79 Å². The van der Waals surface area contributed by atoms with E-state index in [4.69, 9.17) is 0 Å². The van der Waals surface area contributed by atoms with Gasteiger partial charge < -0.3 is 10.6 Å². The standard InChI is InChI=1S/C19H24N2O/c1-15-3-7-17(8-4-15)13-20-12-11-19(22)21-14-18-9-5-16(2)6-10-18/h3-10,20H,11-14H2,1-2H3,(H,21,22). The Morgan fingerprint density at radius 1 is 0.818 bits per heavy atom. The van der Waals surface area contributed by atoms with Gasteiger partial charge in [-0.05, 0) is 25.0 Å². The van der Waals surface area contributed by atoms with Crippen LogP contribution in [0.1, 0.15) is 28.7 Å². The molecule has 2 N–H and O–H groups in total.